The Morgan fingerprint density at radius 3 is 2.29 bits per heavy atom. The highest BCUT2D eigenvalue weighted by Gasteiger charge is 2.24. The molecular formula is C20H20O4. The molecule has 0 atom stereocenters. The van der Waals surface area contributed by atoms with Crippen LogP contribution in [0.5, 0.6) is 0 Å². The molecule has 0 spiro atoms. The highest BCUT2D eigenvalue weighted by Crippen LogP contribution is 2.25. The van der Waals surface area contributed by atoms with Gasteiger partial charge in [-0.15, -0.1) is 0 Å². The SMILES string of the molecule is C=C(O)C(=O)OCC(C)(C)c1cccc(C(=O)c2ccccc2)c1. The van der Waals surface area contributed by atoms with Crippen LogP contribution in [0.1, 0.15) is 35.3 Å². The van der Waals surface area contributed by atoms with Gasteiger partial charge in [0.1, 0.15) is 6.61 Å². The molecule has 0 aromatic heterocycles. The Labute approximate surface area is 141 Å². The van der Waals surface area contributed by atoms with E-state index in [4.69, 9.17) is 9.84 Å². The summed E-state index contributed by atoms with van der Waals surface area (Å²) in [6.45, 7) is 6.99. The van der Waals surface area contributed by atoms with Crippen LogP contribution in [-0.4, -0.2) is 23.5 Å². The van der Waals surface area contributed by atoms with E-state index >= 15 is 0 Å². The summed E-state index contributed by atoms with van der Waals surface area (Å²) in [4.78, 5) is 23.9. The van der Waals surface area contributed by atoms with Crippen molar-refractivity contribution in [1.29, 1.82) is 0 Å². The molecule has 0 aliphatic carbocycles. The summed E-state index contributed by atoms with van der Waals surface area (Å²) in [5, 5.41) is 9.02. The molecule has 0 aliphatic rings. The number of ketones is 1. The maximum Gasteiger partial charge on any atom is 0.372 e. The van der Waals surface area contributed by atoms with Crippen molar-refractivity contribution < 1.29 is 19.4 Å². The molecule has 4 heteroatoms. The van der Waals surface area contributed by atoms with Gasteiger partial charge in [0.05, 0.1) is 0 Å². The number of benzene rings is 2. The van der Waals surface area contributed by atoms with E-state index < -0.39 is 17.1 Å². The molecule has 0 amide bonds. The standard InChI is InChI=1S/C20H20O4/c1-14(21)19(23)24-13-20(2,3)17-11-7-10-16(12-17)18(22)15-8-5-4-6-9-15/h4-12,21H,1,13H2,2-3H3. The fourth-order valence-electron chi connectivity index (χ4n) is 2.25. The molecule has 1 N–H and O–H groups in total. The number of aliphatic hydroxyl groups excluding tert-OH is 1. The second-order valence-electron chi connectivity index (χ2n) is 6.18. The molecule has 0 saturated carbocycles. The zero-order valence-corrected chi connectivity index (χ0v) is 13.8. The lowest BCUT2D eigenvalue weighted by atomic mass is 9.84. The predicted molar refractivity (Wildman–Crippen MR) is 92.1 cm³/mol. The minimum Gasteiger partial charge on any atom is -0.502 e. The Hall–Kier alpha value is -2.88. The maximum absolute atomic E-state index is 12.6. The van der Waals surface area contributed by atoms with Crippen LogP contribution in [0.25, 0.3) is 0 Å². The smallest absolute Gasteiger partial charge is 0.372 e. The van der Waals surface area contributed by atoms with E-state index in [-0.39, 0.29) is 12.4 Å². The van der Waals surface area contributed by atoms with E-state index in [2.05, 4.69) is 6.58 Å². The van der Waals surface area contributed by atoms with Crippen LogP contribution in [0.15, 0.2) is 66.9 Å². The molecule has 2 rings (SSSR count). The summed E-state index contributed by atoms with van der Waals surface area (Å²) in [6.07, 6.45) is 0. The Balaban J connectivity index is 2.21. The quantitative estimate of drug-likeness (QED) is 0.380. The number of hydrogen-bond donors (Lipinski definition) is 1. The molecule has 0 aliphatic heterocycles. The lowest BCUT2D eigenvalue weighted by molar-refractivity contribution is -0.143. The molecule has 0 fully saturated rings. The number of aliphatic hydroxyl groups is 1. The number of rotatable bonds is 6. The van der Waals surface area contributed by atoms with Gasteiger partial charge in [0, 0.05) is 16.5 Å². The van der Waals surface area contributed by atoms with Crippen LogP contribution in [0.3, 0.4) is 0 Å². The monoisotopic (exact) mass is 324 g/mol. The van der Waals surface area contributed by atoms with Crippen molar-refractivity contribution in [3.05, 3.63) is 83.6 Å². The molecule has 2 aromatic rings. The van der Waals surface area contributed by atoms with E-state index in [1.54, 1.807) is 30.3 Å². The molecular weight excluding hydrogens is 304 g/mol. The van der Waals surface area contributed by atoms with Crippen LogP contribution in [-0.2, 0) is 14.9 Å². The van der Waals surface area contributed by atoms with Crippen LogP contribution in [0.2, 0.25) is 0 Å². The lowest BCUT2D eigenvalue weighted by Gasteiger charge is -2.25. The van der Waals surface area contributed by atoms with Gasteiger partial charge in [0.2, 0.25) is 0 Å². The molecule has 4 nitrogen and oxygen atoms in total. The molecule has 0 bridgehead atoms. The van der Waals surface area contributed by atoms with Crippen LogP contribution in [0, 0.1) is 0 Å². The number of ether oxygens (including phenoxy) is 1. The lowest BCUT2D eigenvalue weighted by Crippen LogP contribution is -2.27. The number of esters is 1. The zero-order chi connectivity index (χ0) is 17.7. The van der Waals surface area contributed by atoms with Crippen molar-refractivity contribution in [1.82, 2.24) is 0 Å². The predicted octanol–water partition coefficient (Wildman–Crippen LogP) is 3.81. The molecule has 124 valence electrons. The molecule has 0 saturated heterocycles. The summed E-state index contributed by atoms with van der Waals surface area (Å²) in [7, 11) is 0. The summed E-state index contributed by atoms with van der Waals surface area (Å²) < 4.78 is 5.03. The average Bonchev–Trinajstić information content (AvgIpc) is 2.59. The maximum atomic E-state index is 12.6. The van der Waals surface area contributed by atoms with Crippen molar-refractivity contribution in [2.24, 2.45) is 0 Å². The fourth-order valence-corrected chi connectivity index (χ4v) is 2.25. The first-order valence-corrected chi connectivity index (χ1v) is 7.56. The van der Waals surface area contributed by atoms with Crippen molar-refractivity contribution in [3.63, 3.8) is 0 Å². The molecule has 0 heterocycles. The molecule has 0 radical (unpaired) electrons. The van der Waals surface area contributed by atoms with Gasteiger partial charge < -0.3 is 9.84 Å². The zero-order valence-electron chi connectivity index (χ0n) is 13.8. The number of carbonyl (C=O) groups excluding carboxylic acids is 2. The Morgan fingerprint density at radius 1 is 1.04 bits per heavy atom. The minimum absolute atomic E-state index is 0.0611. The third-order valence-electron chi connectivity index (χ3n) is 3.74. The second-order valence-corrected chi connectivity index (χ2v) is 6.18. The van der Waals surface area contributed by atoms with E-state index in [1.165, 1.54) is 0 Å². The summed E-state index contributed by atoms with van der Waals surface area (Å²) in [5.74, 6) is -1.53. The van der Waals surface area contributed by atoms with Crippen molar-refractivity contribution in [2.45, 2.75) is 19.3 Å². The number of carbonyl (C=O) groups is 2. The van der Waals surface area contributed by atoms with Gasteiger partial charge in [-0.25, -0.2) is 4.79 Å². The van der Waals surface area contributed by atoms with Gasteiger partial charge in [-0.05, 0) is 18.2 Å². The largest absolute Gasteiger partial charge is 0.502 e. The topological polar surface area (TPSA) is 63.6 Å². The average molecular weight is 324 g/mol. The van der Waals surface area contributed by atoms with Crippen LogP contribution >= 0.6 is 0 Å². The highest BCUT2D eigenvalue weighted by atomic mass is 16.5. The van der Waals surface area contributed by atoms with Gasteiger partial charge >= 0.3 is 5.97 Å². The van der Waals surface area contributed by atoms with E-state index in [0.717, 1.165) is 5.56 Å². The van der Waals surface area contributed by atoms with E-state index in [1.807, 2.05) is 38.1 Å². The summed E-state index contributed by atoms with van der Waals surface area (Å²) in [5.41, 5.74) is 1.54. The van der Waals surface area contributed by atoms with E-state index in [0.29, 0.717) is 11.1 Å². The second kappa shape index (κ2) is 7.13. The van der Waals surface area contributed by atoms with Crippen LogP contribution < -0.4 is 0 Å². The first kappa shape index (κ1) is 17.5. The minimum atomic E-state index is -0.848. The fraction of sp³-hybridized carbons (Fsp3) is 0.200. The van der Waals surface area contributed by atoms with Gasteiger partial charge in [-0.1, -0.05) is 62.4 Å². The van der Waals surface area contributed by atoms with Gasteiger partial charge in [0.25, 0.3) is 0 Å². The normalized spacial score (nSPS) is 10.9. The Kier molecular flexibility index (Phi) is 5.19. The molecule has 24 heavy (non-hydrogen) atoms. The molecule has 2 aromatic carbocycles. The van der Waals surface area contributed by atoms with Crippen molar-refractivity contribution in [2.75, 3.05) is 6.61 Å². The third-order valence-corrected chi connectivity index (χ3v) is 3.74. The van der Waals surface area contributed by atoms with Gasteiger partial charge in [0.15, 0.2) is 11.5 Å². The summed E-state index contributed by atoms with van der Waals surface area (Å²) in [6, 6.07) is 16.3. The first-order valence-electron chi connectivity index (χ1n) is 7.56. The summed E-state index contributed by atoms with van der Waals surface area (Å²) >= 11 is 0. The Bertz CT molecular complexity index is 760. The Morgan fingerprint density at radius 2 is 1.67 bits per heavy atom. The third kappa shape index (κ3) is 4.10. The molecule has 0 unspecified atom stereocenters. The highest BCUT2D eigenvalue weighted by molar-refractivity contribution is 6.09. The van der Waals surface area contributed by atoms with E-state index in [9.17, 15) is 9.59 Å². The van der Waals surface area contributed by atoms with Gasteiger partial charge in [-0.3, -0.25) is 4.79 Å². The van der Waals surface area contributed by atoms with Crippen molar-refractivity contribution >= 4 is 11.8 Å². The first-order chi connectivity index (χ1) is 11.3. The van der Waals surface area contributed by atoms with Gasteiger partial charge in [-0.2, -0.15) is 0 Å². The van der Waals surface area contributed by atoms with Crippen LogP contribution in [0.4, 0.5) is 0 Å². The van der Waals surface area contributed by atoms with Crippen molar-refractivity contribution in [3.8, 4) is 0 Å². The number of hydrogen-bond acceptors (Lipinski definition) is 4.